The van der Waals surface area contributed by atoms with Gasteiger partial charge in [-0.1, -0.05) is 12.1 Å². The van der Waals surface area contributed by atoms with Gasteiger partial charge in [0.05, 0.1) is 19.0 Å². The molecule has 0 radical (unpaired) electrons. The number of rotatable bonds is 7. The number of carbonyl (C=O) groups excluding carboxylic acids is 1. The summed E-state index contributed by atoms with van der Waals surface area (Å²) in [5.41, 5.74) is 1.75. The predicted octanol–water partition coefficient (Wildman–Crippen LogP) is 3.10. The molecule has 0 spiro atoms. The number of aromatic amines is 1. The number of benzene rings is 1. The molecule has 0 saturated carbocycles. The van der Waals surface area contributed by atoms with Crippen LogP contribution in [0.4, 0.5) is 4.39 Å². The summed E-state index contributed by atoms with van der Waals surface area (Å²) >= 11 is 0. The third kappa shape index (κ3) is 4.91. The molecule has 1 aliphatic rings. The second-order valence-corrected chi connectivity index (χ2v) is 7.82. The molecule has 1 fully saturated rings. The molecule has 1 atom stereocenters. The Bertz CT molecular complexity index is 1030. The lowest BCUT2D eigenvalue weighted by atomic mass is 9.93. The van der Waals surface area contributed by atoms with Gasteiger partial charge in [0.2, 0.25) is 5.67 Å². The molecule has 4 rings (SSSR count). The van der Waals surface area contributed by atoms with E-state index in [1.54, 1.807) is 37.8 Å². The van der Waals surface area contributed by atoms with Crippen molar-refractivity contribution < 1.29 is 13.9 Å². The van der Waals surface area contributed by atoms with Gasteiger partial charge in [0, 0.05) is 43.2 Å². The first-order valence-corrected chi connectivity index (χ1v) is 10.3. The van der Waals surface area contributed by atoms with Crippen molar-refractivity contribution in [3.8, 4) is 17.0 Å². The van der Waals surface area contributed by atoms with Gasteiger partial charge in [-0.05, 0) is 49.2 Å². The lowest BCUT2D eigenvalue weighted by Crippen LogP contribution is -2.53. The maximum absolute atomic E-state index is 15.6. The molecule has 2 N–H and O–H groups in total. The van der Waals surface area contributed by atoms with Crippen LogP contribution in [-0.4, -0.2) is 51.9 Å². The molecule has 0 aliphatic carbocycles. The van der Waals surface area contributed by atoms with Crippen molar-refractivity contribution in [2.75, 3.05) is 20.2 Å². The highest BCUT2D eigenvalue weighted by atomic mass is 19.1. The molecular formula is C23H26FN5O2. The summed E-state index contributed by atoms with van der Waals surface area (Å²) in [5.74, 6) is 0.193. The van der Waals surface area contributed by atoms with Crippen LogP contribution in [0.3, 0.4) is 0 Å². The number of alkyl halides is 1. The van der Waals surface area contributed by atoms with Gasteiger partial charge < -0.3 is 10.1 Å². The second kappa shape index (κ2) is 9.26. The Labute approximate surface area is 180 Å². The van der Waals surface area contributed by atoms with E-state index in [1.165, 1.54) is 0 Å². The molecule has 1 aliphatic heterocycles. The van der Waals surface area contributed by atoms with Gasteiger partial charge in [0.1, 0.15) is 5.75 Å². The van der Waals surface area contributed by atoms with E-state index in [0.717, 1.165) is 34.7 Å². The fraction of sp³-hybridized carbons (Fsp3) is 0.348. The molecule has 2 aromatic heterocycles. The Hall–Kier alpha value is -3.26. The maximum atomic E-state index is 15.6. The number of aromatic nitrogens is 3. The fourth-order valence-corrected chi connectivity index (χ4v) is 3.96. The average molecular weight is 423 g/mol. The number of amides is 1. The highest BCUT2D eigenvalue weighted by Crippen LogP contribution is 2.30. The van der Waals surface area contributed by atoms with E-state index in [1.807, 2.05) is 29.2 Å². The van der Waals surface area contributed by atoms with Gasteiger partial charge in [0.15, 0.2) is 0 Å². The summed E-state index contributed by atoms with van der Waals surface area (Å²) in [7, 11) is 1.63. The van der Waals surface area contributed by atoms with Gasteiger partial charge in [0.25, 0.3) is 5.91 Å². The predicted molar refractivity (Wildman–Crippen MR) is 115 cm³/mol. The number of methoxy groups -OCH3 is 1. The Morgan fingerprint density at radius 3 is 2.97 bits per heavy atom. The van der Waals surface area contributed by atoms with Crippen molar-refractivity contribution in [1.82, 2.24) is 25.4 Å². The summed E-state index contributed by atoms with van der Waals surface area (Å²) in [6.45, 7) is 1.57. The highest BCUT2D eigenvalue weighted by molar-refractivity contribution is 5.85. The van der Waals surface area contributed by atoms with Gasteiger partial charge in [-0.3, -0.25) is 19.8 Å². The van der Waals surface area contributed by atoms with Crippen molar-refractivity contribution in [2.24, 2.45) is 0 Å². The number of nitrogens with zero attached hydrogens (tertiary/aromatic N) is 3. The van der Waals surface area contributed by atoms with Crippen molar-refractivity contribution in [1.29, 1.82) is 0 Å². The number of carbonyl (C=O) groups is 1. The van der Waals surface area contributed by atoms with Crippen LogP contribution in [0.1, 0.15) is 24.0 Å². The molecule has 3 heterocycles. The number of H-pyrrole nitrogens is 1. The lowest BCUT2D eigenvalue weighted by molar-refractivity contribution is -0.137. The van der Waals surface area contributed by atoms with Crippen molar-refractivity contribution >= 4 is 5.91 Å². The van der Waals surface area contributed by atoms with Gasteiger partial charge >= 0.3 is 0 Å². The Morgan fingerprint density at radius 2 is 2.16 bits per heavy atom. The number of ether oxygens (including phenoxy) is 1. The number of hydrogen-bond acceptors (Lipinski definition) is 5. The molecule has 162 valence electrons. The quantitative estimate of drug-likeness (QED) is 0.610. The summed E-state index contributed by atoms with van der Waals surface area (Å²) in [4.78, 5) is 18.6. The zero-order valence-corrected chi connectivity index (χ0v) is 17.5. The van der Waals surface area contributed by atoms with Crippen LogP contribution in [0.2, 0.25) is 0 Å². The third-order valence-corrected chi connectivity index (χ3v) is 5.60. The molecule has 0 bridgehead atoms. The Kier molecular flexibility index (Phi) is 6.27. The first kappa shape index (κ1) is 21.0. The smallest absolute Gasteiger partial charge is 0.259 e. The largest absolute Gasteiger partial charge is 0.497 e. The first-order valence-electron chi connectivity index (χ1n) is 10.3. The van der Waals surface area contributed by atoms with E-state index in [0.29, 0.717) is 13.0 Å². The van der Waals surface area contributed by atoms with E-state index in [-0.39, 0.29) is 19.5 Å². The van der Waals surface area contributed by atoms with Gasteiger partial charge in [-0.2, -0.15) is 5.10 Å². The Balaban J connectivity index is 1.42. The minimum Gasteiger partial charge on any atom is -0.497 e. The molecule has 1 unspecified atom stereocenters. The summed E-state index contributed by atoms with van der Waals surface area (Å²) < 4.78 is 20.9. The van der Waals surface area contributed by atoms with Crippen LogP contribution in [0.15, 0.2) is 55.0 Å². The van der Waals surface area contributed by atoms with Crippen molar-refractivity contribution in [3.63, 3.8) is 0 Å². The topological polar surface area (TPSA) is 83.1 Å². The van der Waals surface area contributed by atoms with E-state index in [9.17, 15) is 4.79 Å². The number of halogens is 1. The Morgan fingerprint density at radius 1 is 1.32 bits per heavy atom. The zero-order chi connectivity index (χ0) is 21.7. The first-order chi connectivity index (χ1) is 15.1. The van der Waals surface area contributed by atoms with E-state index < -0.39 is 11.6 Å². The van der Waals surface area contributed by atoms with Crippen LogP contribution in [0.25, 0.3) is 11.3 Å². The molecule has 1 aromatic carbocycles. The minimum atomic E-state index is -1.91. The summed E-state index contributed by atoms with van der Waals surface area (Å²) in [5, 5.41) is 9.96. The van der Waals surface area contributed by atoms with E-state index in [4.69, 9.17) is 4.74 Å². The number of nitrogens with one attached hydrogen (secondary N) is 2. The molecule has 7 nitrogen and oxygen atoms in total. The zero-order valence-electron chi connectivity index (χ0n) is 17.5. The summed E-state index contributed by atoms with van der Waals surface area (Å²) in [6, 6.07) is 11.3. The highest BCUT2D eigenvalue weighted by Gasteiger charge is 2.42. The van der Waals surface area contributed by atoms with Crippen LogP contribution in [-0.2, 0) is 17.9 Å². The number of hydrogen-bond donors (Lipinski definition) is 2. The van der Waals surface area contributed by atoms with E-state index in [2.05, 4.69) is 20.5 Å². The third-order valence-electron chi connectivity index (χ3n) is 5.60. The lowest BCUT2D eigenvalue weighted by Gasteiger charge is -2.36. The molecule has 1 saturated heterocycles. The number of likely N-dealkylation sites (tertiary alicyclic amines) is 1. The van der Waals surface area contributed by atoms with Crippen LogP contribution >= 0.6 is 0 Å². The number of pyridine rings is 1. The van der Waals surface area contributed by atoms with Crippen LogP contribution in [0.5, 0.6) is 5.75 Å². The minimum absolute atomic E-state index is 0.0535. The molecule has 31 heavy (non-hydrogen) atoms. The fourth-order valence-electron chi connectivity index (χ4n) is 3.96. The monoisotopic (exact) mass is 423 g/mol. The van der Waals surface area contributed by atoms with Crippen molar-refractivity contribution in [3.05, 3.63) is 66.1 Å². The van der Waals surface area contributed by atoms with Crippen LogP contribution < -0.4 is 10.1 Å². The molecule has 1 amide bonds. The molecule has 8 heteroatoms. The SMILES string of the molecule is COc1cccc(-c2[nH]ncc2CN2CCCC(F)(C(=O)NCc3ccncc3)C2)c1. The standard InChI is InChI=1S/C23H26FN5O2/c1-31-20-5-2-4-18(12-20)21-19(14-27-28-21)15-29-11-3-8-23(24,16-29)22(30)26-13-17-6-9-25-10-7-17/h2,4-7,9-10,12,14H,3,8,11,13,15-16H2,1H3,(H,26,30)(H,27,28). The summed E-state index contributed by atoms with van der Waals surface area (Å²) in [6.07, 6.45) is 5.90. The van der Waals surface area contributed by atoms with Gasteiger partial charge in [-0.25, -0.2) is 4.39 Å². The molecule has 3 aromatic rings. The second-order valence-electron chi connectivity index (χ2n) is 7.82. The maximum Gasteiger partial charge on any atom is 0.259 e. The average Bonchev–Trinajstić information content (AvgIpc) is 3.26. The van der Waals surface area contributed by atoms with E-state index >= 15 is 4.39 Å². The van der Waals surface area contributed by atoms with Crippen LogP contribution in [0, 0.1) is 0 Å². The molecular weight excluding hydrogens is 397 g/mol. The van der Waals surface area contributed by atoms with Gasteiger partial charge in [-0.15, -0.1) is 0 Å². The van der Waals surface area contributed by atoms with Crippen molar-refractivity contribution in [2.45, 2.75) is 31.6 Å². The normalized spacial score (nSPS) is 19.2. The number of piperidine rings is 1.